The number of para-hydroxylation sites is 1. The molecule has 0 atom stereocenters. The summed E-state index contributed by atoms with van der Waals surface area (Å²) in [5.41, 5.74) is 4.85. The van der Waals surface area contributed by atoms with E-state index in [0.717, 1.165) is 5.69 Å². The number of nitrogens with zero attached hydrogens (tertiary/aromatic N) is 1. The van der Waals surface area contributed by atoms with E-state index in [-0.39, 0.29) is 0 Å². The van der Waals surface area contributed by atoms with Crippen molar-refractivity contribution < 1.29 is 9.59 Å². The second-order valence-corrected chi connectivity index (χ2v) is 2.81. The Bertz CT molecular complexity index is 352. The lowest BCUT2D eigenvalue weighted by Crippen LogP contribution is -2.49. The van der Waals surface area contributed by atoms with Crippen molar-refractivity contribution in [3.8, 4) is 0 Å². The normalized spacial score (nSPS) is 9.20. The standard InChI is InChI=1S/C9H12N4O2/c1-13(7-5-3-2-4-6-7)12-9(15)8(14)11-10/h2-6H,10H2,1H3,(H,11,14)(H,12,15). The summed E-state index contributed by atoms with van der Waals surface area (Å²) in [6, 6.07) is 9.08. The highest BCUT2D eigenvalue weighted by Crippen LogP contribution is 2.07. The van der Waals surface area contributed by atoms with Gasteiger partial charge in [0.25, 0.3) is 0 Å². The first kappa shape index (κ1) is 11.0. The molecule has 6 nitrogen and oxygen atoms in total. The smallest absolute Gasteiger partial charge is 0.288 e. The first-order chi connectivity index (χ1) is 7.15. The van der Waals surface area contributed by atoms with E-state index < -0.39 is 11.8 Å². The van der Waals surface area contributed by atoms with Crippen LogP contribution in [0.25, 0.3) is 0 Å². The zero-order valence-corrected chi connectivity index (χ0v) is 8.23. The maximum absolute atomic E-state index is 11.1. The van der Waals surface area contributed by atoms with Crippen molar-refractivity contribution in [1.82, 2.24) is 10.9 Å². The van der Waals surface area contributed by atoms with Crippen molar-refractivity contribution in [2.45, 2.75) is 0 Å². The quantitative estimate of drug-likeness (QED) is 0.255. The van der Waals surface area contributed by atoms with Crippen molar-refractivity contribution >= 4 is 17.5 Å². The maximum Gasteiger partial charge on any atom is 0.329 e. The monoisotopic (exact) mass is 208 g/mol. The third-order valence-electron chi connectivity index (χ3n) is 1.75. The summed E-state index contributed by atoms with van der Waals surface area (Å²) >= 11 is 0. The fourth-order valence-corrected chi connectivity index (χ4v) is 0.985. The van der Waals surface area contributed by atoms with E-state index >= 15 is 0 Å². The number of hydrazine groups is 2. The zero-order valence-electron chi connectivity index (χ0n) is 8.23. The minimum absolute atomic E-state index is 0.760. The van der Waals surface area contributed by atoms with Crippen LogP contribution in [0.4, 0.5) is 5.69 Å². The second kappa shape index (κ2) is 4.97. The first-order valence-corrected chi connectivity index (χ1v) is 4.25. The van der Waals surface area contributed by atoms with Crippen molar-refractivity contribution in [1.29, 1.82) is 0 Å². The van der Waals surface area contributed by atoms with E-state index in [1.54, 1.807) is 24.6 Å². The predicted molar refractivity (Wildman–Crippen MR) is 55.3 cm³/mol. The van der Waals surface area contributed by atoms with Crippen LogP contribution < -0.4 is 21.7 Å². The molecule has 0 bridgehead atoms. The number of benzene rings is 1. The number of hydrogen-bond acceptors (Lipinski definition) is 4. The highest BCUT2D eigenvalue weighted by atomic mass is 16.2. The molecular formula is C9H12N4O2. The predicted octanol–water partition coefficient (Wildman–Crippen LogP) is -0.856. The Labute approximate surface area is 87.0 Å². The Morgan fingerprint density at radius 3 is 2.33 bits per heavy atom. The number of nitrogens with two attached hydrogens (primary N) is 1. The van der Waals surface area contributed by atoms with Crippen LogP contribution in [-0.4, -0.2) is 18.9 Å². The molecule has 1 aromatic carbocycles. The van der Waals surface area contributed by atoms with Gasteiger partial charge < -0.3 is 0 Å². The Kier molecular flexibility index (Phi) is 3.64. The number of rotatable bonds is 2. The Hall–Kier alpha value is -2.08. The van der Waals surface area contributed by atoms with Gasteiger partial charge in [-0.25, -0.2) is 5.84 Å². The molecule has 0 fully saturated rings. The summed E-state index contributed by atoms with van der Waals surface area (Å²) in [6.07, 6.45) is 0. The fraction of sp³-hybridized carbons (Fsp3) is 0.111. The van der Waals surface area contributed by atoms with E-state index in [4.69, 9.17) is 5.84 Å². The lowest BCUT2D eigenvalue weighted by atomic mass is 10.3. The molecular weight excluding hydrogens is 196 g/mol. The molecule has 2 amide bonds. The van der Waals surface area contributed by atoms with Crippen LogP contribution in [0.5, 0.6) is 0 Å². The van der Waals surface area contributed by atoms with Gasteiger partial charge in [-0.3, -0.25) is 25.4 Å². The summed E-state index contributed by atoms with van der Waals surface area (Å²) in [4.78, 5) is 21.9. The molecule has 0 spiro atoms. The van der Waals surface area contributed by atoms with Crippen LogP contribution >= 0.6 is 0 Å². The minimum Gasteiger partial charge on any atom is -0.288 e. The molecule has 0 radical (unpaired) electrons. The molecule has 80 valence electrons. The van der Waals surface area contributed by atoms with Crippen molar-refractivity contribution in [3.05, 3.63) is 30.3 Å². The van der Waals surface area contributed by atoms with Gasteiger partial charge in [0.2, 0.25) is 0 Å². The zero-order chi connectivity index (χ0) is 11.3. The molecule has 0 aromatic heterocycles. The van der Waals surface area contributed by atoms with Gasteiger partial charge in [0.1, 0.15) is 0 Å². The van der Waals surface area contributed by atoms with Crippen LogP contribution in [0.3, 0.4) is 0 Å². The van der Waals surface area contributed by atoms with Gasteiger partial charge in [0, 0.05) is 7.05 Å². The molecule has 15 heavy (non-hydrogen) atoms. The number of hydrogen-bond donors (Lipinski definition) is 3. The number of anilines is 1. The Morgan fingerprint density at radius 1 is 1.20 bits per heavy atom. The molecule has 0 unspecified atom stereocenters. The minimum atomic E-state index is -0.891. The number of amides is 2. The summed E-state index contributed by atoms with van der Waals surface area (Å²) in [7, 11) is 1.62. The highest BCUT2D eigenvalue weighted by molar-refractivity contribution is 6.35. The average Bonchev–Trinajstić information content (AvgIpc) is 2.29. The maximum atomic E-state index is 11.1. The largest absolute Gasteiger partial charge is 0.329 e. The Morgan fingerprint density at radius 2 is 1.80 bits per heavy atom. The fourth-order valence-electron chi connectivity index (χ4n) is 0.985. The van der Waals surface area contributed by atoms with E-state index in [1.165, 1.54) is 5.01 Å². The molecule has 1 rings (SSSR count). The number of nitrogens with one attached hydrogen (secondary N) is 2. The van der Waals surface area contributed by atoms with Crippen molar-refractivity contribution in [2.75, 3.05) is 12.1 Å². The molecule has 4 N–H and O–H groups in total. The molecule has 0 aliphatic rings. The molecule has 0 saturated heterocycles. The highest BCUT2D eigenvalue weighted by Gasteiger charge is 2.13. The van der Waals surface area contributed by atoms with Crippen molar-refractivity contribution in [3.63, 3.8) is 0 Å². The number of carbonyl (C=O) groups excluding carboxylic acids is 2. The Balaban J connectivity index is 2.60. The molecule has 0 heterocycles. The van der Waals surface area contributed by atoms with Gasteiger partial charge in [-0.1, -0.05) is 18.2 Å². The molecule has 0 saturated carbocycles. The average molecular weight is 208 g/mol. The van der Waals surface area contributed by atoms with E-state index in [2.05, 4.69) is 5.43 Å². The third kappa shape index (κ3) is 2.96. The summed E-state index contributed by atoms with van der Waals surface area (Å²) in [5, 5.41) is 1.43. The third-order valence-corrected chi connectivity index (χ3v) is 1.75. The molecule has 0 aliphatic carbocycles. The van der Waals surface area contributed by atoms with Gasteiger partial charge in [-0.15, -0.1) is 0 Å². The molecule has 1 aromatic rings. The van der Waals surface area contributed by atoms with Crippen LogP contribution in [0.15, 0.2) is 30.3 Å². The van der Waals surface area contributed by atoms with Gasteiger partial charge in [-0.05, 0) is 12.1 Å². The van der Waals surface area contributed by atoms with Gasteiger partial charge >= 0.3 is 11.8 Å². The van der Waals surface area contributed by atoms with E-state index in [0.29, 0.717) is 0 Å². The summed E-state index contributed by atoms with van der Waals surface area (Å²) in [6.45, 7) is 0. The van der Waals surface area contributed by atoms with Crippen LogP contribution in [0, 0.1) is 0 Å². The number of carbonyl (C=O) groups is 2. The van der Waals surface area contributed by atoms with E-state index in [9.17, 15) is 9.59 Å². The van der Waals surface area contributed by atoms with Gasteiger partial charge in [0.05, 0.1) is 5.69 Å². The van der Waals surface area contributed by atoms with Crippen LogP contribution in [0.2, 0.25) is 0 Å². The van der Waals surface area contributed by atoms with Gasteiger partial charge in [0.15, 0.2) is 0 Å². The van der Waals surface area contributed by atoms with Gasteiger partial charge in [-0.2, -0.15) is 0 Å². The lowest BCUT2D eigenvalue weighted by molar-refractivity contribution is -0.139. The first-order valence-electron chi connectivity index (χ1n) is 4.25. The molecule has 6 heteroatoms. The summed E-state index contributed by atoms with van der Waals surface area (Å²) in [5.74, 6) is 3.10. The molecule has 0 aliphatic heterocycles. The topological polar surface area (TPSA) is 87.5 Å². The van der Waals surface area contributed by atoms with Crippen molar-refractivity contribution in [2.24, 2.45) is 5.84 Å². The van der Waals surface area contributed by atoms with Crippen LogP contribution in [0.1, 0.15) is 0 Å². The van der Waals surface area contributed by atoms with E-state index in [1.807, 2.05) is 18.2 Å². The van der Waals surface area contributed by atoms with Crippen LogP contribution in [-0.2, 0) is 9.59 Å². The second-order valence-electron chi connectivity index (χ2n) is 2.81. The summed E-state index contributed by atoms with van der Waals surface area (Å²) < 4.78 is 0. The lowest BCUT2D eigenvalue weighted by Gasteiger charge is -2.19. The SMILES string of the molecule is CN(NC(=O)C(=O)NN)c1ccccc1.